The SMILES string of the molecule is CCNC(=NCC(C)N1CCOCC1)NCC(c1cccc(OC)c1)N(CC)CC.I. The number of likely N-dealkylation sites (N-methyl/N-ethyl adjacent to an activating group) is 1. The summed E-state index contributed by atoms with van der Waals surface area (Å²) in [7, 11) is 1.72. The molecule has 7 nitrogen and oxygen atoms in total. The maximum absolute atomic E-state index is 5.47. The van der Waals surface area contributed by atoms with Gasteiger partial charge in [-0.3, -0.25) is 14.8 Å². The largest absolute Gasteiger partial charge is 0.497 e. The molecule has 2 rings (SSSR count). The van der Waals surface area contributed by atoms with E-state index in [-0.39, 0.29) is 30.0 Å². The molecule has 2 atom stereocenters. The second-order valence-electron chi connectivity index (χ2n) is 7.61. The molecular formula is C23H42IN5O2. The van der Waals surface area contributed by atoms with Crippen LogP contribution in [0.2, 0.25) is 0 Å². The summed E-state index contributed by atoms with van der Waals surface area (Å²) in [6, 6.07) is 9.02. The summed E-state index contributed by atoms with van der Waals surface area (Å²) in [5.74, 6) is 1.77. The Bertz CT molecular complexity index is 636. The Hall–Kier alpha value is -1.10. The van der Waals surface area contributed by atoms with Gasteiger partial charge >= 0.3 is 0 Å². The van der Waals surface area contributed by atoms with E-state index in [1.165, 1.54) is 5.56 Å². The van der Waals surface area contributed by atoms with E-state index < -0.39 is 0 Å². The number of aliphatic imine (C=N–C) groups is 1. The molecule has 1 aliphatic rings. The van der Waals surface area contributed by atoms with Gasteiger partial charge in [0, 0.05) is 32.2 Å². The maximum atomic E-state index is 5.47. The molecule has 1 fully saturated rings. The highest BCUT2D eigenvalue weighted by molar-refractivity contribution is 14.0. The Labute approximate surface area is 206 Å². The molecule has 178 valence electrons. The first-order valence-electron chi connectivity index (χ1n) is 11.3. The first-order chi connectivity index (χ1) is 14.6. The molecular weight excluding hydrogens is 505 g/mol. The molecule has 31 heavy (non-hydrogen) atoms. The van der Waals surface area contributed by atoms with Crippen LogP contribution >= 0.6 is 24.0 Å². The summed E-state index contributed by atoms with van der Waals surface area (Å²) in [4.78, 5) is 9.78. The molecule has 1 aromatic rings. The minimum absolute atomic E-state index is 0. The van der Waals surface area contributed by atoms with Crippen LogP contribution in [-0.4, -0.2) is 87.9 Å². The van der Waals surface area contributed by atoms with Crippen molar-refractivity contribution in [1.29, 1.82) is 0 Å². The van der Waals surface area contributed by atoms with Crippen LogP contribution in [0.4, 0.5) is 0 Å². The van der Waals surface area contributed by atoms with Crippen molar-refractivity contribution in [3.63, 3.8) is 0 Å². The van der Waals surface area contributed by atoms with Crippen molar-refractivity contribution < 1.29 is 9.47 Å². The molecule has 1 aromatic carbocycles. The zero-order valence-corrected chi connectivity index (χ0v) is 22.2. The van der Waals surface area contributed by atoms with Crippen molar-refractivity contribution in [1.82, 2.24) is 20.4 Å². The first kappa shape index (κ1) is 27.9. The minimum atomic E-state index is 0. The third kappa shape index (κ3) is 9.11. The van der Waals surface area contributed by atoms with Crippen LogP contribution in [-0.2, 0) is 4.74 Å². The molecule has 1 saturated heterocycles. The zero-order valence-electron chi connectivity index (χ0n) is 19.9. The van der Waals surface area contributed by atoms with Crippen LogP contribution in [0.25, 0.3) is 0 Å². The van der Waals surface area contributed by atoms with Gasteiger partial charge in [-0.05, 0) is 44.6 Å². The second-order valence-corrected chi connectivity index (χ2v) is 7.61. The number of hydrogen-bond donors (Lipinski definition) is 2. The van der Waals surface area contributed by atoms with Gasteiger partial charge in [0.1, 0.15) is 5.75 Å². The van der Waals surface area contributed by atoms with Crippen molar-refractivity contribution >= 4 is 29.9 Å². The maximum Gasteiger partial charge on any atom is 0.191 e. The molecule has 0 aromatic heterocycles. The third-order valence-electron chi connectivity index (χ3n) is 5.72. The lowest BCUT2D eigenvalue weighted by atomic mass is 10.0. The minimum Gasteiger partial charge on any atom is -0.497 e. The van der Waals surface area contributed by atoms with Gasteiger partial charge in [-0.15, -0.1) is 24.0 Å². The van der Waals surface area contributed by atoms with E-state index in [1.807, 2.05) is 6.07 Å². The van der Waals surface area contributed by atoms with Gasteiger partial charge in [-0.2, -0.15) is 0 Å². The highest BCUT2D eigenvalue weighted by Crippen LogP contribution is 2.23. The highest BCUT2D eigenvalue weighted by Gasteiger charge is 2.20. The Kier molecular flexibility index (Phi) is 14.1. The molecule has 0 aliphatic carbocycles. The molecule has 1 aliphatic heterocycles. The number of morpholine rings is 1. The predicted octanol–water partition coefficient (Wildman–Crippen LogP) is 2.97. The smallest absolute Gasteiger partial charge is 0.191 e. The zero-order chi connectivity index (χ0) is 21.8. The lowest BCUT2D eigenvalue weighted by Gasteiger charge is -2.32. The number of ether oxygens (including phenoxy) is 2. The van der Waals surface area contributed by atoms with E-state index in [0.29, 0.717) is 6.04 Å². The standard InChI is InChI=1S/C23H41N5O2.HI/c1-6-24-23(25-17-19(4)28-12-14-30-15-13-28)26-18-22(27(7-2)8-3)20-10-9-11-21(16-20)29-5;/h9-11,16,19,22H,6-8,12-15,17-18H2,1-5H3,(H2,24,25,26);1H. The van der Waals surface area contributed by atoms with E-state index in [9.17, 15) is 0 Å². The van der Waals surface area contributed by atoms with Gasteiger partial charge in [-0.1, -0.05) is 26.0 Å². The number of nitrogens with zero attached hydrogens (tertiary/aromatic N) is 3. The van der Waals surface area contributed by atoms with E-state index >= 15 is 0 Å². The molecule has 0 radical (unpaired) electrons. The second kappa shape index (κ2) is 15.7. The Morgan fingerprint density at radius 3 is 2.52 bits per heavy atom. The molecule has 0 saturated carbocycles. The summed E-state index contributed by atoms with van der Waals surface area (Å²) in [5.41, 5.74) is 1.25. The monoisotopic (exact) mass is 547 g/mol. The quantitative estimate of drug-likeness (QED) is 0.253. The molecule has 2 N–H and O–H groups in total. The van der Waals surface area contributed by atoms with Gasteiger partial charge in [0.05, 0.1) is 32.9 Å². The van der Waals surface area contributed by atoms with Crippen molar-refractivity contribution in [3.8, 4) is 5.75 Å². The topological polar surface area (TPSA) is 61.4 Å². The van der Waals surface area contributed by atoms with Gasteiger partial charge in [0.15, 0.2) is 5.96 Å². The number of halogens is 1. The lowest BCUT2D eigenvalue weighted by molar-refractivity contribution is 0.0220. The fourth-order valence-electron chi connectivity index (χ4n) is 3.86. The van der Waals surface area contributed by atoms with Crippen molar-refractivity contribution in [2.45, 2.75) is 39.8 Å². The summed E-state index contributed by atoms with van der Waals surface area (Å²) in [5, 5.41) is 6.98. The summed E-state index contributed by atoms with van der Waals surface area (Å²) in [6.07, 6.45) is 0. The Morgan fingerprint density at radius 2 is 1.90 bits per heavy atom. The predicted molar refractivity (Wildman–Crippen MR) is 140 cm³/mol. The van der Waals surface area contributed by atoms with Crippen molar-refractivity contribution in [2.75, 3.05) is 66.1 Å². The van der Waals surface area contributed by atoms with Gasteiger partial charge in [0.25, 0.3) is 0 Å². The number of methoxy groups -OCH3 is 1. The van der Waals surface area contributed by atoms with E-state index in [1.54, 1.807) is 7.11 Å². The normalized spacial score (nSPS) is 17.0. The van der Waals surface area contributed by atoms with Crippen LogP contribution in [0.1, 0.15) is 39.3 Å². The van der Waals surface area contributed by atoms with Crippen LogP contribution in [0.15, 0.2) is 29.3 Å². The van der Waals surface area contributed by atoms with E-state index in [2.05, 4.69) is 66.3 Å². The van der Waals surface area contributed by atoms with Crippen molar-refractivity contribution in [3.05, 3.63) is 29.8 Å². The molecule has 0 amide bonds. The van der Waals surface area contributed by atoms with Crippen LogP contribution in [0.3, 0.4) is 0 Å². The van der Waals surface area contributed by atoms with E-state index in [4.69, 9.17) is 14.5 Å². The molecule has 2 unspecified atom stereocenters. The molecule has 0 bridgehead atoms. The number of benzene rings is 1. The van der Waals surface area contributed by atoms with Crippen LogP contribution < -0.4 is 15.4 Å². The van der Waals surface area contributed by atoms with Gasteiger partial charge < -0.3 is 20.1 Å². The average Bonchev–Trinajstić information content (AvgIpc) is 2.80. The molecule has 8 heteroatoms. The third-order valence-corrected chi connectivity index (χ3v) is 5.72. The lowest BCUT2D eigenvalue weighted by Crippen LogP contribution is -2.45. The fraction of sp³-hybridized carbons (Fsp3) is 0.696. The Balaban J connectivity index is 0.00000480. The van der Waals surface area contributed by atoms with E-state index in [0.717, 1.165) is 70.7 Å². The number of nitrogens with one attached hydrogen (secondary N) is 2. The Morgan fingerprint density at radius 1 is 1.19 bits per heavy atom. The summed E-state index contributed by atoms with van der Waals surface area (Å²) in [6.45, 7) is 16.7. The summed E-state index contributed by atoms with van der Waals surface area (Å²) < 4.78 is 10.9. The summed E-state index contributed by atoms with van der Waals surface area (Å²) >= 11 is 0. The molecule has 0 spiro atoms. The van der Waals surface area contributed by atoms with Gasteiger partial charge in [0.2, 0.25) is 0 Å². The number of rotatable bonds is 11. The van der Waals surface area contributed by atoms with Crippen LogP contribution in [0.5, 0.6) is 5.75 Å². The number of hydrogen-bond acceptors (Lipinski definition) is 5. The van der Waals surface area contributed by atoms with Crippen molar-refractivity contribution in [2.24, 2.45) is 4.99 Å². The molecule has 1 heterocycles. The first-order valence-corrected chi connectivity index (χ1v) is 11.3. The highest BCUT2D eigenvalue weighted by atomic mass is 127. The van der Waals surface area contributed by atoms with Crippen LogP contribution in [0, 0.1) is 0 Å². The van der Waals surface area contributed by atoms with Gasteiger partial charge in [-0.25, -0.2) is 0 Å². The average molecular weight is 548 g/mol. The fourth-order valence-corrected chi connectivity index (χ4v) is 3.86. The number of guanidine groups is 1.